The van der Waals surface area contributed by atoms with E-state index in [4.69, 9.17) is 9.72 Å². The Bertz CT molecular complexity index is 1200. The molecule has 0 radical (unpaired) electrons. The first kappa shape index (κ1) is 21.6. The van der Waals surface area contributed by atoms with Crippen LogP contribution in [0.15, 0.2) is 78.9 Å². The molecule has 4 rings (SSSR count). The maximum atomic E-state index is 11.6. The monoisotopic (exact) mass is 429 g/mol. The van der Waals surface area contributed by atoms with Gasteiger partial charge in [-0.25, -0.2) is 4.98 Å². The molecule has 0 fully saturated rings. The minimum absolute atomic E-state index is 0.0213. The van der Waals surface area contributed by atoms with Crippen LogP contribution in [0.25, 0.3) is 11.0 Å². The summed E-state index contributed by atoms with van der Waals surface area (Å²) in [6.45, 7) is 2.66. The van der Waals surface area contributed by atoms with E-state index >= 15 is 0 Å². The van der Waals surface area contributed by atoms with Crippen molar-refractivity contribution in [2.45, 2.75) is 26.1 Å². The summed E-state index contributed by atoms with van der Waals surface area (Å²) in [5, 5.41) is 10.8. The lowest BCUT2D eigenvalue weighted by atomic mass is 10.1. The van der Waals surface area contributed by atoms with Crippen molar-refractivity contribution in [3.8, 4) is 5.75 Å². The van der Waals surface area contributed by atoms with Crippen LogP contribution in [0.1, 0.15) is 22.8 Å². The normalized spacial score (nSPS) is 12.0. The van der Waals surface area contributed by atoms with Crippen LogP contribution in [0, 0.1) is 0 Å². The lowest BCUT2D eigenvalue weighted by Gasteiger charge is -2.22. The van der Waals surface area contributed by atoms with Gasteiger partial charge in [-0.15, -0.1) is 0 Å². The van der Waals surface area contributed by atoms with E-state index in [9.17, 15) is 9.90 Å². The van der Waals surface area contributed by atoms with Gasteiger partial charge in [-0.3, -0.25) is 4.79 Å². The van der Waals surface area contributed by atoms with E-state index in [1.165, 1.54) is 12.5 Å². The lowest BCUT2D eigenvalue weighted by Crippen LogP contribution is -2.27. The van der Waals surface area contributed by atoms with Gasteiger partial charge in [0.05, 0.1) is 17.6 Å². The Kier molecular flexibility index (Phi) is 6.52. The van der Waals surface area contributed by atoms with Crippen molar-refractivity contribution in [2.24, 2.45) is 0 Å². The predicted molar refractivity (Wildman–Crippen MR) is 126 cm³/mol. The molecule has 0 saturated carbocycles. The van der Waals surface area contributed by atoms with Gasteiger partial charge < -0.3 is 19.3 Å². The van der Waals surface area contributed by atoms with Gasteiger partial charge in [0.15, 0.2) is 5.78 Å². The van der Waals surface area contributed by atoms with E-state index < -0.39 is 6.10 Å². The standard InChI is InChI=1S/C26H27N3O3/c1-19(30)21-11-8-12-23(15-21)32-18-22(31)17-29-25-14-7-6-13-24(25)27-26(29)28(2)16-20-9-4-3-5-10-20/h3-15,22,31H,16-18H2,1-2H3/t22-/m1/s1. The molecule has 0 bridgehead atoms. The van der Waals surface area contributed by atoms with Crippen molar-refractivity contribution >= 4 is 22.8 Å². The maximum Gasteiger partial charge on any atom is 0.206 e. The number of anilines is 1. The lowest BCUT2D eigenvalue weighted by molar-refractivity contribution is 0.0935. The van der Waals surface area contributed by atoms with Gasteiger partial charge in [0, 0.05) is 19.2 Å². The van der Waals surface area contributed by atoms with Crippen molar-refractivity contribution in [2.75, 3.05) is 18.6 Å². The highest BCUT2D eigenvalue weighted by molar-refractivity contribution is 5.94. The average Bonchev–Trinajstić information content (AvgIpc) is 3.17. The average molecular weight is 430 g/mol. The molecule has 0 amide bonds. The molecule has 1 heterocycles. The molecule has 32 heavy (non-hydrogen) atoms. The summed E-state index contributed by atoms with van der Waals surface area (Å²) in [7, 11) is 2.00. The highest BCUT2D eigenvalue weighted by atomic mass is 16.5. The van der Waals surface area contributed by atoms with E-state index in [0.717, 1.165) is 17.0 Å². The summed E-state index contributed by atoms with van der Waals surface area (Å²) in [5.41, 5.74) is 3.61. The summed E-state index contributed by atoms with van der Waals surface area (Å²) in [4.78, 5) is 18.5. The molecule has 0 spiro atoms. The fraction of sp³-hybridized carbons (Fsp3) is 0.231. The van der Waals surface area contributed by atoms with Crippen LogP contribution in [-0.4, -0.2) is 40.2 Å². The minimum Gasteiger partial charge on any atom is -0.491 e. The predicted octanol–water partition coefficient (Wildman–Crippen LogP) is 4.32. The van der Waals surface area contributed by atoms with E-state index in [2.05, 4.69) is 17.0 Å². The van der Waals surface area contributed by atoms with Gasteiger partial charge >= 0.3 is 0 Å². The molecular weight excluding hydrogens is 402 g/mol. The number of ether oxygens (including phenoxy) is 1. The molecule has 6 heteroatoms. The number of aliphatic hydroxyl groups excluding tert-OH is 1. The fourth-order valence-electron chi connectivity index (χ4n) is 3.72. The molecule has 164 valence electrons. The third-order valence-electron chi connectivity index (χ3n) is 5.31. The van der Waals surface area contributed by atoms with Crippen molar-refractivity contribution in [3.63, 3.8) is 0 Å². The Balaban J connectivity index is 1.52. The number of carbonyl (C=O) groups excluding carboxylic acids is 1. The molecule has 0 unspecified atom stereocenters. The molecule has 1 atom stereocenters. The second kappa shape index (κ2) is 9.66. The topological polar surface area (TPSA) is 67.6 Å². The number of hydrogen-bond donors (Lipinski definition) is 1. The second-order valence-corrected chi connectivity index (χ2v) is 7.90. The zero-order valence-electron chi connectivity index (χ0n) is 18.3. The van der Waals surface area contributed by atoms with Gasteiger partial charge in [0.1, 0.15) is 18.5 Å². The van der Waals surface area contributed by atoms with Crippen LogP contribution >= 0.6 is 0 Å². The Morgan fingerprint density at radius 3 is 2.59 bits per heavy atom. The number of fused-ring (bicyclic) bond motifs is 1. The Morgan fingerprint density at radius 2 is 1.81 bits per heavy atom. The number of aliphatic hydroxyl groups is 1. The smallest absolute Gasteiger partial charge is 0.206 e. The van der Waals surface area contributed by atoms with Crippen LogP contribution < -0.4 is 9.64 Å². The fourth-order valence-corrected chi connectivity index (χ4v) is 3.72. The zero-order chi connectivity index (χ0) is 22.5. The third kappa shape index (κ3) is 4.98. The van der Waals surface area contributed by atoms with Crippen LogP contribution in [0.5, 0.6) is 5.75 Å². The van der Waals surface area contributed by atoms with Gasteiger partial charge in [-0.1, -0.05) is 54.6 Å². The van der Waals surface area contributed by atoms with Crippen LogP contribution in [0.4, 0.5) is 5.95 Å². The molecule has 0 aliphatic carbocycles. The Labute approximate surface area is 187 Å². The number of ketones is 1. The van der Waals surface area contributed by atoms with Gasteiger partial charge in [0.2, 0.25) is 5.95 Å². The molecule has 3 aromatic carbocycles. The number of rotatable bonds is 9. The first-order valence-electron chi connectivity index (χ1n) is 10.6. The Morgan fingerprint density at radius 1 is 1.06 bits per heavy atom. The van der Waals surface area contributed by atoms with E-state index in [1.807, 2.05) is 54.1 Å². The number of carbonyl (C=O) groups is 1. The SMILES string of the molecule is CC(=O)c1cccc(OC[C@H](O)Cn2c(N(C)Cc3ccccc3)nc3ccccc32)c1. The number of benzene rings is 3. The van der Waals surface area contributed by atoms with Crippen molar-refractivity contribution in [3.05, 3.63) is 90.0 Å². The maximum absolute atomic E-state index is 11.6. The number of nitrogens with zero attached hydrogens (tertiary/aromatic N) is 3. The Hall–Kier alpha value is -3.64. The molecule has 6 nitrogen and oxygen atoms in total. The highest BCUT2D eigenvalue weighted by Crippen LogP contribution is 2.24. The molecular formula is C26H27N3O3. The van der Waals surface area contributed by atoms with E-state index in [0.29, 0.717) is 24.4 Å². The van der Waals surface area contributed by atoms with Crippen LogP contribution in [0.3, 0.4) is 0 Å². The molecule has 0 aliphatic rings. The summed E-state index contributed by atoms with van der Waals surface area (Å²) in [5.74, 6) is 1.33. The quantitative estimate of drug-likeness (QED) is 0.402. The molecule has 0 saturated heterocycles. The first-order chi connectivity index (χ1) is 15.5. The summed E-state index contributed by atoms with van der Waals surface area (Å²) in [6, 6.07) is 25.1. The van der Waals surface area contributed by atoms with Crippen molar-refractivity contribution in [1.82, 2.24) is 9.55 Å². The third-order valence-corrected chi connectivity index (χ3v) is 5.31. The summed E-state index contributed by atoms with van der Waals surface area (Å²) in [6.07, 6.45) is -0.752. The first-order valence-corrected chi connectivity index (χ1v) is 10.6. The molecule has 0 aliphatic heterocycles. The summed E-state index contributed by atoms with van der Waals surface area (Å²) >= 11 is 0. The van der Waals surface area contributed by atoms with Gasteiger partial charge in [-0.2, -0.15) is 0 Å². The zero-order valence-corrected chi connectivity index (χ0v) is 18.3. The molecule has 1 N–H and O–H groups in total. The number of para-hydroxylation sites is 2. The molecule has 4 aromatic rings. The minimum atomic E-state index is -0.752. The van der Waals surface area contributed by atoms with Gasteiger partial charge in [0.25, 0.3) is 0 Å². The van der Waals surface area contributed by atoms with Crippen LogP contribution in [0.2, 0.25) is 0 Å². The number of hydrogen-bond acceptors (Lipinski definition) is 5. The van der Waals surface area contributed by atoms with E-state index in [-0.39, 0.29) is 12.4 Å². The second-order valence-electron chi connectivity index (χ2n) is 7.90. The van der Waals surface area contributed by atoms with Crippen LogP contribution in [-0.2, 0) is 13.1 Å². The number of aromatic nitrogens is 2. The van der Waals surface area contributed by atoms with E-state index in [1.54, 1.807) is 24.3 Å². The number of Topliss-reactive ketones (excluding diaryl/α,β-unsaturated/α-hetero) is 1. The van der Waals surface area contributed by atoms with Crippen molar-refractivity contribution < 1.29 is 14.6 Å². The molecule has 1 aromatic heterocycles. The van der Waals surface area contributed by atoms with Crippen molar-refractivity contribution in [1.29, 1.82) is 0 Å². The van der Waals surface area contributed by atoms with Gasteiger partial charge in [-0.05, 0) is 36.8 Å². The number of imidazole rings is 1. The highest BCUT2D eigenvalue weighted by Gasteiger charge is 2.18. The summed E-state index contributed by atoms with van der Waals surface area (Å²) < 4.78 is 7.79. The largest absolute Gasteiger partial charge is 0.491 e.